The van der Waals surface area contributed by atoms with Gasteiger partial charge in [-0.2, -0.15) is 0 Å². The summed E-state index contributed by atoms with van der Waals surface area (Å²) in [5, 5.41) is 8.00. The molecule has 3 amide bonds. The Morgan fingerprint density at radius 2 is 1.55 bits per heavy atom. The van der Waals surface area contributed by atoms with Crippen LogP contribution in [-0.4, -0.2) is 97.1 Å². The summed E-state index contributed by atoms with van der Waals surface area (Å²) in [6, 6.07) is 9.51. The molecule has 1 fully saturated rings. The first-order chi connectivity index (χ1) is 19.9. The molecule has 2 heterocycles. The van der Waals surface area contributed by atoms with Gasteiger partial charge < -0.3 is 14.8 Å². The van der Waals surface area contributed by atoms with Crippen LogP contribution in [0.15, 0.2) is 36.4 Å². The van der Waals surface area contributed by atoms with Gasteiger partial charge in [0.1, 0.15) is 11.6 Å². The fourth-order valence-electron chi connectivity index (χ4n) is 5.33. The number of nitrogens with one attached hydrogen (secondary N) is 2. The van der Waals surface area contributed by atoms with Gasteiger partial charge in [-0.3, -0.25) is 34.3 Å². The molecule has 2 aliphatic rings. The Balaban J connectivity index is 1.46. The highest BCUT2D eigenvalue weighted by atomic mass is 16.6. The smallest absolute Gasteiger partial charge is 0.323 e. The number of benzene rings is 2. The molecule has 10 heteroatoms. The molecule has 0 aliphatic carbocycles. The van der Waals surface area contributed by atoms with Gasteiger partial charge in [-0.05, 0) is 62.4 Å². The van der Waals surface area contributed by atoms with E-state index in [9.17, 15) is 19.2 Å². The fraction of sp³-hybridized carbons (Fsp3) is 0.562. The zero-order chi connectivity index (χ0) is 30.4. The van der Waals surface area contributed by atoms with Crippen molar-refractivity contribution in [2.45, 2.75) is 65.1 Å². The summed E-state index contributed by atoms with van der Waals surface area (Å²) in [7, 11) is 0. The number of imide groups is 1. The standard InChI is InChI=1S/C32H44N4O6/c1-21(2)18-27(28(37)33-11-13-35-14-16-41-17-15-35)34-26(31(40)42-32(3,4)5)10-12-36-29(38)24-19-22-8-6-7-9-23(22)20-25(24)30(36)39/h6-9,19-21,26-27,34H,10-18H2,1-5H3,(H,33,37). The van der Waals surface area contributed by atoms with Crippen molar-refractivity contribution in [2.75, 3.05) is 45.9 Å². The Morgan fingerprint density at radius 3 is 2.10 bits per heavy atom. The van der Waals surface area contributed by atoms with Crippen molar-refractivity contribution in [3.8, 4) is 0 Å². The maximum Gasteiger partial charge on any atom is 0.323 e. The average Bonchev–Trinajstić information content (AvgIpc) is 3.16. The lowest BCUT2D eigenvalue weighted by Crippen LogP contribution is -2.54. The number of fused-ring (bicyclic) bond motifs is 2. The Labute approximate surface area is 248 Å². The van der Waals surface area contributed by atoms with Gasteiger partial charge in [-0.1, -0.05) is 38.1 Å². The molecule has 2 unspecified atom stereocenters. The quantitative estimate of drug-likeness (QED) is 0.291. The van der Waals surface area contributed by atoms with Gasteiger partial charge in [0.05, 0.1) is 30.4 Å². The Morgan fingerprint density at radius 1 is 0.952 bits per heavy atom. The van der Waals surface area contributed by atoms with E-state index in [1.54, 1.807) is 32.9 Å². The van der Waals surface area contributed by atoms with Crippen LogP contribution in [0.1, 0.15) is 68.2 Å². The minimum absolute atomic E-state index is 0.00660. The third kappa shape index (κ3) is 8.14. The molecular formula is C32H44N4O6. The molecule has 2 N–H and O–H groups in total. The number of amides is 3. The molecule has 2 aromatic carbocycles. The number of esters is 1. The Kier molecular flexibility index (Phi) is 10.3. The van der Waals surface area contributed by atoms with E-state index in [0.717, 1.165) is 23.9 Å². The summed E-state index contributed by atoms with van der Waals surface area (Å²) in [6.45, 7) is 13.6. The van der Waals surface area contributed by atoms with Crippen LogP contribution in [0.5, 0.6) is 0 Å². The van der Waals surface area contributed by atoms with Crippen LogP contribution >= 0.6 is 0 Å². The third-order valence-corrected chi connectivity index (χ3v) is 7.43. The number of rotatable bonds is 12. The van der Waals surface area contributed by atoms with Crippen molar-refractivity contribution in [1.82, 2.24) is 20.4 Å². The molecule has 2 aromatic rings. The van der Waals surface area contributed by atoms with E-state index >= 15 is 0 Å². The van der Waals surface area contributed by atoms with Gasteiger partial charge in [-0.25, -0.2) is 0 Å². The fourth-order valence-corrected chi connectivity index (χ4v) is 5.33. The number of hydrogen-bond acceptors (Lipinski definition) is 8. The number of carbonyl (C=O) groups excluding carboxylic acids is 4. The lowest BCUT2D eigenvalue weighted by atomic mass is 10.0. The first-order valence-electron chi connectivity index (χ1n) is 14.9. The topological polar surface area (TPSA) is 117 Å². The zero-order valence-electron chi connectivity index (χ0n) is 25.4. The van der Waals surface area contributed by atoms with Crippen molar-refractivity contribution in [3.63, 3.8) is 0 Å². The summed E-state index contributed by atoms with van der Waals surface area (Å²) in [5.41, 5.74) is -0.0312. The van der Waals surface area contributed by atoms with Crippen molar-refractivity contribution in [3.05, 3.63) is 47.5 Å². The number of hydrogen-bond donors (Lipinski definition) is 2. The molecule has 2 atom stereocenters. The summed E-state index contributed by atoms with van der Waals surface area (Å²) in [4.78, 5) is 56.6. The highest BCUT2D eigenvalue weighted by Gasteiger charge is 2.38. The predicted octanol–water partition coefficient (Wildman–Crippen LogP) is 2.99. The van der Waals surface area contributed by atoms with E-state index in [1.807, 2.05) is 38.1 Å². The first kappa shape index (κ1) is 31.6. The molecule has 1 saturated heterocycles. The van der Waals surface area contributed by atoms with Crippen LogP contribution in [0.4, 0.5) is 0 Å². The number of nitrogens with zero attached hydrogens (tertiary/aromatic N) is 2. The molecule has 0 radical (unpaired) electrons. The average molecular weight is 581 g/mol. The lowest BCUT2D eigenvalue weighted by Gasteiger charge is -2.30. The van der Waals surface area contributed by atoms with Crippen molar-refractivity contribution in [1.29, 1.82) is 0 Å². The van der Waals surface area contributed by atoms with Gasteiger partial charge in [0.2, 0.25) is 5.91 Å². The van der Waals surface area contributed by atoms with Crippen LogP contribution in [0, 0.1) is 5.92 Å². The van der Waals surface area contributed by atoms with E-state index in [0.29, 0.717) is 43.9 Å². The second kappa shape index (κ2) is 13.8. The van der Waals surface area contributed by atoms with E-state index in [-0.39, 0.29) is 36.6 Å². The molecule has 2 aliphatic heterocycles. The largest absolute Gasteiger partial charge is 0.459 e. The van der Waals surface area contributed by atoms with Crippen LogP contribution < -0.4 is 10.6 Å². The summed E-state index contributed by atoms with van der Waals surface area (Å²) in [6.07, 6.45) is 0.609. The van der Waals surface area contributed by atoms with E-state index in [1.165, 1.54) is 4.90 Å². The maximum atomic E-state index is 13.3. The second-order valence-electron chi connectivity index (χ2n) is 12.5. The van der Waals surface area contributed by atoms with Gasteiger partial charge in [0, 0.05) is 32.7 Å². The van der Waals surface area contributed by atoms with Crippen LogP contribution in [0.2, 0.25) is 0 Å². The van der Waals surface area contributed by atoms with Crippen LogP contribution in [0.25, 0.3) is 10.8 Å². The molecular weight excluding hydrogens is 536 g/mol. The highest BCUT2D eigenvalue weighted by Crippen LogP contribution is 2.28. The van der Waals surface area contributed by atoms with E-state index in [4.69, 9.17) is 9.47 Å². The molecule has 0 aromatic heterocycles. The SMILES string of the molecule is CC(C)CC(NC(CCN1C(=O)c2cc3ccccc3cc2C1=O)C(=O)OC(C)(C)C)C(=O)NCCN1CCOCC1. The minimum atomic E-state index is -0.902. The van der Waals surface area contributed by atoms with Crippen LogP contribution in [-0.2, 0) is 19.1 Å². The minimum Gasteiger partial charge on any atom is -0.459 e. The van der Waals surface area contributed by atoms with E-state index in [2.05, 4.69) is 15.5 Å². The Hall–Kier alpha value is -3.34. The van der Waals surface area contributed by atoms with Crippen molar-refractivity contribution in [2.24, 2.45) is 5.92 Å². The third-order valence-electron chi connectivity index (χ3n) is 7.43. The molecule has 0 bridgehead atoms. The van der Waals surface area contributed by atoms with Gasteiger partial charge in [-0.15, -0.1) is 0 Å². The number of carbonyl (C=O) groups is 4. The highest BCUT2D eigenvalue weighted by molar-refractivity contribution is 6.23. The lowest BCUT2D eigenvalue weighted by molar-refractivity contribution is -0.158. The summed E-state index contributed by atoms with van der Waals surface area (Å²) in [5.74, 6) is -1.32. The van der Waals surface area contributed by atoms with Gasteiger partial charge >= 0.3 is 5.97 Å². The molecule has 0 spiro atoms. The van der Waals surface area contributed by atoms with Crippen molar-refractivity contribution >= 4 is 34.5 Å². The number of ether oxygens (including phenoxy) is 2. The van der Waals surface area contributed by atoms with E-state index < -0.39 is 23.7 Å². The van der Waals surface area contributed by atoms with Gasteiger partial charge in [0.15, 0.2) is 0 Å². The van der Waals surface area contributed by atoms with Gasteiger partial charge in [0.25, 0.3) is 11.8 Å². The first-order valence-corrected chi connectivity index (χ1v) is 14.9. The monoisotopic (exact) mass is 580 g/mol. The maximum absolute atomic E-state index is 13.3. The molecule has 228 valence electrons. The molecule has 4 rings (SSSR count). The van der Waals surface area contributed by atoms with Crippen molar-refractivity contribution < 1.29 is 28.7 Å². The predicted molar refractivity (Wildman–Crippen MR) is 160 cm³/mol. The molecule has 42 heavy (non-hydrogen) atoms. The normalized spacial score (nSPS) is 17.4. The van der Waals surface area contributed by atoms with Crippen LogP contribution in [0.3, 0.4) is 0 Å². The zero-order valence-corrected chi connectivity index (χ0v) is 25.4. The molecule has 10 nitrogen and oxygen atoms in total. The molecule has 0 saturated carbocycles. The number of morpholine rings is 1. The second-order valence-corrected chi connectivity index (χ2v) is 12.5. The Bertz CT molecular complexity index is 1240. The summed E-state index contributed by atoms with van der Waals surface area (Å²) >= 11 is 0. The summed E-state index contributed by atoms with van der Waals surface area (Å²) < 4.78 is 11.1.